The molecule has 0 radical (unpaired) electrons. The molecule has 1 atom stereocenters. The van der Waals surface area contributed by atoms with E-state index < -0.39 is 0 Å². The van der Waals surface area contributed by atoms with E-state index in [1.54, 1.807) is 0 Å². The molecule has 0 aliphatic heterocycles. The van der Waals surface area contributed by atoms with E-state index in [9.17, 15) is 4.79 Å². The highest BCUT2D eigenvalue weighted by Crippen LogP contribution is 2.04. The maximum absolute atomic E-state index is 11.8. The molecule has 2 heterocycles. The van der Waals surface area contributed by atoms with Crippen molar-refractivity contribution in [3.05, 3.63) is 36.3 Å². The molecule has 2 rings (SSSR count). The zero-order chi connectivity index (χ0) is 14.5. The lowest BCUT2D eigenvalue weighted by Gasteiger charge is -2.14. The molecule has 1 amide bonds. The average Bonchev–Trinajstić information content (AvgIpc) is 2.84. The van der Waals surface area contributed by atoms with Crippen LogP contribution in [0.2, 0.25) is 0 Å². The molecular weight excluding hydrogens is 252 g/mol. The third-order valence-electron chi connectivity index (χ3n) is 3.08. The molecule has 108 valence electrons. The summed E-state index contributed by atoms with van der Waals surface area (Å²) < 4.78 is 1.97. The molecule has 2 aromatic rings. The Kier molecular flexibility index (Phi) is 4.74. The van der Waals surface area contributed by atoms with Gasteiger partial charge in [-0.2, -0.15) is 0 Å². The summed E-state index contributed by atoms with van der Waals surface area (Å²) in [5.74, 6) is 0.493. The van der Waals surface area contributed by atoms with Gasteiger partial charge in [0.15, 0.2) is 0 Å². The maximum Gasteiger partial charge on any atom is 0.236 e. The Bertz CT molecular complexity index is 543. The van der Waals surface area contributed by atoms with Crippen LogP contribution in [0.15, 0.2) is 30.6 Å². The van der Waals surface area contributed by atoms with Gasteiger partial charge in [-0.1, -0.05) is 19.9 Å². The molecule has 0 aliphatic carbocycles. The second kappa shape index (κ2) is 6.52. The Morgan fingerprint density at radius 2 is 2.15 bits per heavy atom. The molecule has 1 unspecified atom stereocenters. The molecule has 0 aromatic carbocycles. The fourth-order valence-electron chi connectivity index (χ4n) is 1.88. The van der Waals surface area contributed by atoms with Gasteiger partial charge in [0.25, 0.3) is 0 Å². The standard InChI is InChI=1S/C15H22N4O/c1-11(2)8-17-15(20)12(3)16-9-13-10-19-7-5-4-6-14(19)18-13/h4-7,10-12,16H,8-9H2,1-3H3,(H,17,20). The van der Waals surface area contributed by atoms with E-state index in [4.69, 9.17) is 0 Å². The topological polar surface area (TPSA) is 58.4 Å². The fraction of sp³-hybridized carbons (Fsp3) is 0.467. The van der Waals surface area contributed by atoms with Crippen molar-refractivity contribution in [3.8, 4) is 0 Å². The van der Waals surface area contributed by atoms with Crippen LogP contribution in [-0.4, -0.2) is 27.9 Å². The van der Waals surface area contributed by atoms with Gasteiger partial charge in [-0.05, 0) is 25.0 Å². The zero-order valence-electron chi connectivity index (χ0n) is 12.3. The molecule has 2 N–H and O–H groups in total. The van der Waals surface area contributed by atoms with Gasteiger partial charge in [0.05, 0.1) is 11.7 Å². The van der Waals surface area contributed by atoms with Gasteiger partial charge >= 0.3 is 0 Å². The summed E-state index contributed by atoms with van der Waals surface area (Å²) in [6.07, 6.45) is 3.94. The molecule has 0 bridgehead atoms. The number of hydrogen-bond donors (Lipinski definition) is 2. The Morgan fingerprint density at radius 3 is 2.85 bits per heavy atom. The Labute approximate surface area is 119 Å². The van der Waals surface area contributed by atoms with Crippen molar-refractivity contribution in [3.63, 3.8) is 0 Å². The summed E-state index contributed by atoms with van der Waals surface area (Å²) in [6, 6.07) is 5.66. The van der Waals surface area contributed by atoms with E-state index >= 15 is 0 Å². The largest absolute Gasteiger partial charge is 0.354 e. The van der Waals surface area contributed by atoms with E-state index in [-0.39, 0.29) is 11.9 Å². The summed E-state index contributed by atoms with van der Waals surface area (Å²) >= 11 is 0. The van der Waals surface area contributed by atoms with E-state index in [2.05, 4.69) is 29.5 Å². The van der Waals surface area contributed by atoms with Gasteiger partial charge < -0.3 is 15.0 Å². The van der Waals surface area contributed by atoms with Crippen LogP contribution in [0.25, 0.3) is 5.65 Å². The van der Waals surface area contributed by atoms with Crippen LogP contribution >= 0.6 is 0 Å². The minimum absolute atomic E-state index is 0.0301. The highest BCUT2D eigenvalue weighted by atomic mass is 16.2. The quantitative estimate of drug-likeness (QED) is 0.841. The molecule has 0 saturated heterocycles. The zero-order valence-corrected chi connectivity index (χ0v) is 12.3. The molecule has 0 aliphatic rings. The lowest BCUT2D eigenvalue weighted by Crippen LogP contribution is -2.43. The van der Waals surface area contributed by atoms with E-state index in [0.29, 0.717) is 19.0 Å². The average molecular weight is 274 g/mol. The SMILES string of the molecule is CC(C)CNC(=O)C(C)NCc1cn2ccccc2n1. The predicted octanol–water partition coefficient (Wildman–Crippen LogP) is 1.58. The number of nitrogens with zero attached hydrogens (tertiary/aromatic N) is 2. The van der Waals surface area contributed by atoms with Crippen molar-refractivity contribution < 1.29 is 4.79 Å². The molecule has 0 fully saturated rings. The van der Waals surface area contributed by atoms with Crippen LogP contribution in [0.5, 0.6) is 0 Å². The number of aromatic nitrogens is 2. The minimum Gasteiger partial charge on any atom is -0.354 e. The number of pyridine rings is 1. The summed E-state index contributed by atoms with van der Waals surface area (Å²) in [7, 11) is 0. The number of rotatable bonds is 6. The molecule has 0 saturated carbocycles. The van der Waals surface area contributed by atoms with Crippen LogP contribution in [-0.2, 0) is 11.3 Å². The van der Waals surface area contributed by atoms with Gasteiger partial charge in [0.2, 0.25) is 5.91 Å². The van der Waals surface area contributed by atoms with Crippen LogP contribution in [0.3, 0.4) is 0 Å². The Hall–Kier alpha value is -1.88. The third kappa shape index (κ3) is 3.81. The Balaban J connectivity index is 1.86. The van der Waals surface area contributed by atoms with Gasteiger partial charge in [-0.25, -0.2) is 4.98 Å². The van der Waals surface area contributed by atoms with Crippen molar-refractivity contribution >= 4 is 11.6 Å². The third-order valence-corrected chi connectivity index (χ3v) is 3.08. The molecule has 2 aromatic heterocycles. The van der Waals surface area contributed by atoms with Crippen LogP contribution in [0, 0.1) is 5.92 Å². The van der Waals surface area contributed by atoms with Crippen molar-refractivity contribution in [1.29, 1.82) is 0 Å². The fourth-order valence-corrected chi connectivity index (χ4v) is 1.88. The second-order valence-electron chi connectivity index (χ2n) is 5.44. The van der Waals surface area contributed by atoms with E-state index in [1.165, 1.54) is 0 Å². The van der Waals surface area contributed by atoms with Crippen LogP contribution in [0.4, 0.5) is 0 Å². The maximum atomic E-state index is 11.8. The molecule has 20 heavy (non-hydrogen) atoms. The molecule has 0 spiro atoms. The lowest BCUT2D eigenvalue weighted by molar-refractivity contribution is -0.122. The second-order valence-corrected chi connectivity index (χ2v) is 5.44. The first-order chi connectivity index (χ1) is 9.56. The minimum atomic E-state index is -0.224. The smallest absolute Gasteiger partial charge is 0.236 e. The lowest BCUT2D eigenvalue weighted by atomic mass is 10.2. The molecule has 5 nitrogen and oxygen atoms in total. The molecule has 5 heteroatoms. The normalized spacial score (nSPS) is 12.8. The van der Waals surface area contributed by atoms with Crippen molar-refractivity contribution in [2.45, 2.75) is 33.4 Å². The number of nitrogens with one attached hydrogen (secondary N) is 2. The number of carbonyl (C=O) groups is 1. The van der Waals surface area contributed by atoms with Gasteiger partial charge in [-0.3, -0.25) is 4.79 Å². The van der Waals surface area contributed by atoms with Gasteiger partial charge in [-0.15, -0.1) is 0 Å². The molecular formula is C15H22N4O. The number of hydrogen-bond acceptors (Lipinski definition) is 3. The first-order valence-electron chi connectivity index (χ1n) is 7.00. The van der Waals surface area contributed by atoms with Crippen molar-refractivity contribution in [2.24, 2.45) is 5.92 Å². The highest BCUT2D eigenvalue weighted by molar-refractivity contribution is 5.81. The summed E-state index contributed by atoms with van der Waals surface area (Å²) in [6.45, 7) is 7.31. The predicted molar refractivity (Wildman–Crippen MR) is 79.3 cm³/mol. The Morgan fingerprint density at radius 1 is 1.35 bits per heavy atom. The number of imidazole rings is 1. The number of fused-ring (bicyclic) bond motifs is 1. The van der Waals surface area contributed by atoms with Crippen LogP contribution in [0.1, 0.15) is 26.5 Å². The monoisotopic (exact) mass is 274 g/mol. The summed E-state index contributed by atoms with van der Waals surface area (Å²) in [4.78, 5) is 16.3. The summed E-state index contributed by atoms with van der Waals surface area (Å²) in [5, 5.41) is 6.11. The van der Waals surface area contributed by atoms with Crippen molar-refractivity contribution in [1.82, 2.24) is 20.0 Å². The van der Waals surface area contributed by atoms with Crippen molar-refractivity contribution in [2.75, 3.05) is 6.54 Å². The van der Waals surface area contributed by atoms with E-state index in [1.807, 2.05) is 41.9 Å². The van der Waals surface area contributed by atoms with Gasteiger partial charge in [0.1, 0.15) is 5.65 Å². The summed E-state index contributed by atoms with van der Waals surface area (Å²) in [5.41, 5.74) is 1.85. The first-order valence-corrected chi connectivity index (χ1v) is 7.00. The van der Waals surface area contributed by atoms with Crippen LogP contribution < -0.4 is 10.6 Å². The van der Waals surface area contributed by atoms with E-state index in [0.717, 1.165) is 11.3 Å². The number of amides is 1. The number of carbonyl (C=O) groups excluding carboxylic acids is 1. The first kappa shape index (κ1) is 14.5. The van der Waals surface area contributed by atoms with Gasteiger partial charge in [0, 0.05) is 25.5 Å². The highest BCUT2D eigenvalue weighted by Gasteiger charge is 2.12.